The SMILES string of the molecule is COc1cc(Cl)c2nc(C(F)(F)F)c3c(c2c1)CC[C@]1(C[C@H]2C(=O)N[C@]4(C(=O)NS(=O)(=O)C5(C)CC5)C[C@H]4/C=C\CCCCC[C@H](CC(=O)OC(C)(C)C(F)(F)F)C(=O)N2C1)O3. The molecule has 1 aromatic carbocycles. The van der Waals surface area contributed by atoms with Crippen LogP contribution >= 0.6 is 11.6 Å². The number of rotatable bonds is 7. The smallest absolute Gasteiger partial charge is 0.437 e. The molecule has 7 rings (SSSR count). The Kier molecular flexibility index (Phi) is 11.6. The molecule has 21 heteroatoms. The second kappa shape index (κ2) is 15.7. The molecule has 62 heavy (non-hydrogen) atoms. The molecule has 3 amide bonds. The van der Waals surface area contributed by atoms with Gasteiger partial charge in [-0.1, -0.05) is 36.6 Å². The van der Waals surface area contributed by atoms with Gasteiger partial charge in [-0.05, 0) is 78.2 Å². The van der Waals surface area contributed by atoms with Crippen molar-refractivity contribution in [2.45, 2.75) is 138 Å². The topological polar surface area (TPSA) is 170 Å². The zero-order chi connectivity index (χ0) is 45.4. The highest BCUT2D eigenvalue weighted by Gasteiger charge is 2.64. The van der Waals surface area contributed by atoms with Crippen LogP contribution in [0.4, 0.5) is 26.3 Å². The largest absolute Gasteiger partial charge is 0.497 e. The molecule has 0 radical (unpaired) electrons. The van der Waals surface area contributed by atoms with Gasteiger partial charge in [-0.2, -0.15) is 26.3 Å². The van der Waals surface area contributed by atoms with Crippen molar-refractivity contribution in [3.8, 4) is 11.5 Å². The molecule has 1 aromatic heterocycles. The number of alkyl halides is 6. The molecule has 1 spiro atoms. The lowest BCUT2D eigenvalue weighted by Crippen LogP contribution is -2.57. The van der Waals surface area contributed by atoms with Crippen molar-refractivity contribution >= 4 is 56.2 Å². The van der Waals surface area contributed by atoms with Gasteiger partial charge in [0, 0.05) is 35.3 Å². The highest BCUT2D eigenvalue weighted by Crippen LogP contribution is 2.51. The minimum absolute atomic E-state index is 0.00778. The number of ether oxygens (including phenoxy) is 3. The Labute approximate surface area is 358 Å². The summed E-state index contributed by atoms with van der Waals surface area (Å²) in [5, 5.41) is 2.79. The second-order valence-corrected chi connectivity index (χ2v) is 20.5. The quantitative estimate of drug-likeness (QED) is 0.170. The molecule has 0 unspecified atom stereocenters. The summed E-state index contributed by atoms with van der Waals surface area (Å²) in [6, 6.07) is 1.21. The number of sulfonamides is 1. The molecule has 5 atom stereocenters. The third-order valence-corrected chi connectivity index (χ3v) is 15.4. The number of pyridine rings is 1. The number of halogens is 7. The minimum atomic E-state index is -5.07. The van der Waals surface area contributed by atoms with E-state index in [1.165, 1.54) is 26.2 Å². The number of amides is 3. The summed E-state index contributed by atoms with van der Waals surface area (Å²) in [7, 11) is -2.83. The molecule has 3 fully saturated rings. The van der Waals surface area contributed by atoms with E-state index < -0.39 is 116 Å². The van der Waals surface area contributed by atoms with Crippen LogP contribution in [0.15, 0.2) is 24.3 Å². The number of nitrogens with one attached hydrogen (secondary N) is 2. The number of hydrogen-bond donors (Lipinski definition) is 2. The zero-order valence-electron chi connectivity index (χ0n) is 34.4. The Bertz CT molecular complexity index is 2340. The Morgan fingerprint density at radius 3 is 2.42 bits per heavy atom. The number of methoxy groups -OCH3 is 1. The molecule has 340 valence electrons. The number of esters is 1. The van der Waals surface area contributed by atoms with Crippen LogP contribution in [0.5, 0.6) is 11.5 Å². The Hall–Kier alpha value is -4.33. The van der Waals surface area contributed by atoms with Crippen molar-refractivity contribution in [2.75, 3.05) is 13.7 Å². The molecule has 5 aliphatic rings. The van der Waals surface area contributed by atoms with Crippen LogP contribution in [-0.2, 0) is 46.5 Å². The average molecular weight is 921 g/mol. The van der Waals surface area contributed by atoms with Gasteiger partial charge in [-0.25, -0.2) is 13.4 Å². The minimum Gasteiger partial charge on any atom is -0.497 e. The van der Waals surface area contributed by atoms with Gasteiger partial charge < -0.3 is 24.4 Å². The molecule has 13 nitrogen and oxygen atoms in total. The van der Waals surface area contributed by atoms with Crippen molar-refractivity contribution in [3.05, 3.63) is 40.6 Å². The second-order valence-electron chi connectivity index (χ2n) is 17.8. The van der Waals surface area contributed by atoms with Gasteiger partial charge >= 0.3 is 18.3 Å². The molecule has 0 bridgehead atoms. The summed E-state index contributed by atoms with van der Waals surface area (Å²) in [5.74, 6) is -6.59. The maximum atomic E-state index is 14.8. The normalized spacial score (nSPS) is 28.3. The van der Waals surface area contributed by atoms with E-state index in [9.17, 15) is 53.9 Å². The molecule has 2 aromatic rings. The van der Waals surface area contributed by atoms with Crippen LogP contribution in [0, 0.1) is 11.8 Å². The van der Waals surface area contributed by atoms with Crippen molar-refractivity contribution < 1.29 is 68.1 Å². The summed E-state index contributed by atoms with van der Waals surface area (Å²) in [4.78, 5) is 61.4. The van der Waals surface area contributed by atoms with E-state index in [-0.39, 0.29) is 52.9 Å². The first-order valence-corrected chi connectivity index (χ1v) is 22.2. The van der Waals surface area contributed by atoms with Gasteiger partial charge in [0.15, 0.2) is 11.4 Å². The van der Waals surface area contributed by atoms with Gasteiger partial charge in [0.2, 0.25) is 27.4 Å². The third-order valence-electron chi connectivity index (χ3n) is 12.9. The number of aryl methyl sites for hydroxylation is 1. The lowest BCUT2D eigenvalue weighted by atomic mass is 9.87. The molecule has 2 aliphatic carbocycles. The summed E-state index contributed by atoms with van der Waals surface area (Å²) in [5.41, 5.74) is -7.87. The monoisotopic (exact) mass is 920 g/mol. The molecule has 2 N–H and O–H groups in total. The maximum absolute atomic E-state index is 14.8. The van der Waals surface area contributed by atoms with E-state index in [2.05, 4.69) is 15.0 Å². The summed E-state index contributed by atoms with van der Waals surface area (Å²) in [6.45, 7) is 2.29. The Morgan fingerprint density at radius 1 is 1.06 bits per heavy atom. The lowest BCUT2D eigenvalue weighted by Gasteiger charge is -2.37. The zero-order valence-corrected chi connectivity index (χ0v) is 35.9. The molecule has 1 saturated heterocycles. The maximum Gasteiger partial charge on any atom is 0.437 e. The van der Waals surface area contributed by atoms with E-state index in [1.807, 2.05) is 0 Å². The number of benzene rings is 1. The molecule has 3 aliphatic heterocycles. The lowest BCUT2D eigenvalue weighted by molar-refractivity contribution is -0.257. The van der Waals surface area contributed by atoms with Crippen molar-refractivity contribution in [2.24, 2.45) is 11.8 Å². The first-order valence-electron chi connectivity index (χ1n) is 20.4. The van der Waals surface area contributed by atoms with Gasteiger partial charge in [0.25, 0.3) is 5.91 Å². The third kappa shape index (κ3) is 8.53. The highest BCUT2D eigenvalue weighted by atomic mass is 35.5. The number of fused-ring (bicyclic) bond motifs is 5. The fraction of sp³-hybridized carbons (Fsp3) is 0.634. The number of allylic oxidation sites excluding steroid dienone is 1. The van der Waals surface area contributed by atoms with Crippen LogP contribution < -0.4 is 19.5 Å². The number of aromatic nitrogens is 1. The van der Waals surface area contributed by atoms with Gasteiger partial charge in [-0.3, -0.25) is 23.9 Å². The fourth-order valence-corrected chi connectivity index (χ4v) is 10.2. The fourth-order valence-electron chi connectivity index (χ4n) is 8.59. The van der Waals surface area contributed by atoms with Crippen molar-refractivity contribution in [1.29, 1.82) is 0 Å². The van der Waals surface area contributed by atoms with Crippen molar-refractivity contribution in [1.82, 2.24) is 19.9 Å². The van der Waals surface area contributed by atoms with Crippen LogP contribution in [-0.4, -0.2) is 89.4 Å². The molecular formula is C41H47ClF6N4O9S. The van der Waals surface area contributed by atoms with Gasteiger partial charge in [0.1, 0.15) is 22.9 Å². The van der Waals surface area contributed by atoms with E-state index in [4.69, 9.17) is 25.8 Å². The summed E-state index contributed by atoms with van der Waals surface area (Å²) in [6.07, 6.45) is -5.44. The van der Waals surface area contributed by atoms with Crippen LogP contribution in [0.3, 0.4) is 0 Å². The first kappa shape index (κ1) is 45.7. The highest BCUT2D eigenvalue weighted by molar-refractivity contribution is 7.91. The summed E-state index contributed by atoms with van der Waals surface area (Å²) >= 11 is 6.37. The number of hydrogen-bond acceptors (Lipinski definition) is 10. The van der Waals surface area contributed by atoms with Crippen LogP contribution in [0.25, 0.3) is 10.9 Å². The average Bonchev–Trinajstić information content (AvgIpc) is 4.06. The van der Waals surface area contributed by atoms with Gasteiger partial charge in [0.05, 0.1) is 35.4 Å². The number of carbonyl (C=O) groups is 4. The standard InChI is InChI=1S/C41H47ClF6N4O9S/c1-36(2,41(46,47)48)60-29(53)16-22-10-8-6-5-7-9-11-23-19-39(23,35(56)51-62(57,58)37(3)14-15-37)50-33(54)28-20-38(21-52(28)34(22)55)13-12-25-26-17-24(59-4)18-27(42)30(26)49-32(31(25)61-38)40(43,44)45/h9,11,17-18,22-23,28H,5-8,10,12-16,19-21H2,1-4H3,(H,50,54)(H,51,56)/b11-9-/t22-,23-,28+,38-,39-/m1/s1. The van der Waals surface area contributed by atoms with Gasteiger partial charge in [-0.15, -0.1) is 0 Å². The molecular weight excluding hydrogens is 874 g/mol. The molecule has 4 heterocycles. The Morgan fingerprint density at radius 2 is 1.77 bits per heavy atom. The van der Waals surface area contributed by atoms with E-state index in [1.54, 1.807) is 12.2 Å². The number of nitrogens with zero attached hydrogens (tertiary/aromatic N) is 2. The van der Waals surface area contributed by atoms with Crippen LogP contribution in [0.1, 0.15) is 103 Å². The Balaban J connectivity index is 1.28. The van der Waals surface area contributed by atoms with Crippen molar-refractivity contribution in [3.63, 3.8) is 0 Å². The van der Waals surface area contributed by atoms with Crippen LogP contribution in [0.2, 0.25) is 5.02 Å². The predicted molar refractivity (Wildman–Crippen MR) is 210 cm³/mol. The first-order chi connectivity index (χ1) is 28.8. The molecule has 2 saturated carbocycles. The number of carbonyl (C=O) groups excluding carboxylic acids is 4. The van der Waals surface area contributed by atoms with E-state index >= 15 is 0 Å². The summed E-state index contributed by atoms with van der Waals surface area (Å²) < 4.78 is 130. The predicted octanol–water partition coefficient (Wildman–Crippen LogP) is 6.86. The van der Waals surface area contributed by atoms with E-state index in [0.29, 0.717) is 52.4 Å². The van der Waals surface area contributed by atoms with E-state index in [0.717, 1.165) is 4.90 Å².